The van der Waals surface area contributed by atoms with Gasteiger partial charge in [-0.25, -0.2) is 13.1 Å². The maximum atomic E-state index is 12.7. The second kappa shape index (κ2) is 14.8. The highest BCUT2D eigenvalue weighted by Gasteiger charge is 2.23. The molecule has 0 spiro atoms. The first-order valence-corrected chi connectivity index (χ1v) is 15.6. The van der Waals surface area contributed by atoms with Crippen molar-refractivity contribution in [3.05, 3.63) is 108 Å². The Kier molecular flexibility index (Phi) is 10.9. The van der Waals surface area contributed by atoms with Gasteiger partial charge in [-0.1, -0.05) is 85.8 Å². The summed E-state index contributed by atoms with van der Waals surface area (Å²) in [5.74, 6) is 0.591. The molecule has 216 valence electrons. The average molecular weight is 574 g/mol. The van der Waals surface area contributed by atoms with Crippen molar-refractivity contribution in [2.75, 3.05) is 13.2 Å². The Morgan fingerprint density at radius 2 is 1.63 bits per heavy atom. The van der Waals surface area contributed by atoms with Gasteiger partial charge in [-0.3, -0.25) is 4.79 Å². The van der Waals surface area contributed by atoms with Crippen LogP contribution in [0.3, 0.4) is 0 Å². The summed E-state index contributed by atoms with van der Waals surface area (Å²) in [5.41, 5.74) is 2.09. The van der Waals surface area contributed by atoms with E-state index in [1.165, 1.54) is 0 Å². The number of sulfonamides is 1. The smallest absolute Gasteiger partial charge is 0.240 e. The van der Waals surface area contributed by atoms with E-state index in [4.69, 9.17) is 4.74 Å². The van der Waals surface area contributed by atoms with Crippen LogP contribution in [0.25, 0.3) is 10.8 Å². The maximum absolute atomic E-state index is 12.7. The molecular weight excluding hydrogens is 534 g/mol. The molecule has 4 aromatic rings. The molecule has 0 saturated carbocycles. The van der Waals surface area contributed by atoms with Crippen LogP contribution in [0.5, 0.6) is 5.75 Å². The summed E-state index contributed by atoms with van der Waals surface area (Å²) in [6.45, 7) is 5.61. The zero-order valence-electron chi connectivity index (χ0n) is 23.7. The summed E-state index contributed by atoms with van der Waals surface area (Å²) >= 11 is 0. The molecule has 2 unspecified atom stereocenters. The van der Waals surface area contributed by atoms with Gasteiger partial charge in [0, 0.05) is 37.5 Å². The van der Waals surface area contributed by atoms with Crippen molar-refractivity contribution in [3.63, 3.8) is 0 Å². The number of carbonyl (C=O) groups excluding carboxylic acids is 1. The van der Waals surface area contributed by atoms with E-state index >= 15 is 0 Å². The van der Waals surface area contributed by atoms with Gasteiger partial charge in [-0.15, -0.1) is 0 Å². The van der Waals surface area contributed by atoms with E-state index in [2.05, 4.69) is 35.3 Å². The third kappa shape index (κ3) is 8.88. The van der Waals surface area contributed by atoms with E-state index in [-0.39, 0.29) is 29.8 Å². The molecule has 0 bridgehead atoms. The second-order valence-electron chi connectivity index (χ2n) is 10.1. The van der Waals surface area contributed by atoms with Crippen molar-refractivity contribution in [1.82, 2.24) is 15.4 Å². The Hall–Kier alpha value is -3.72. The largest absolute Gasteiger partial charge is 0.493 e. The minimum absolute atomic E-state index is 0.0251. The highest BCUT2D eigenvalue weighted by molar-refractivity contribution is 7.89. The average Bonchev–Trinajstić information content (AvgIpc) is 3.00. The van der Waals surface area contributed by atoms with E-state index in [9.17, 15) is 13.2 Å². The van der Waals surface area contributed by atoms with E-state index in [0.29, 0.717) is 19.1 Å². The lowest BCUT2D eigenvalue weighted by Gasteiger charge is -2.27. The van der Waals surface area contributed by atoms with Gasteiger partial charge in [-0.05, 0) is 47.9 Å². The Balaban J connectivity index is 0.000000572. The van der Waals surface area contributed by atoms with Crippen molar-refractivity contribution in [1.29, 1.82) is 0 Å². The normalized spacial score (nSPS) is 15.1. The number of amides is 1. The fraction of sp³-hybridized carbons (Fsp3) is 0.303. The molecule has 8 heteroatoms. The molecule has 3 N–H and O–H groups in total. The van der Waals surface area contributed by atoms with Crippen LogP contribution in [0.2, 0.25) is 0 Å². The van der Waals surface area contributed by atoms with E-state index in [1.54, 1.807) is 18.2 Å². The van der Waals surface area contributed by atoms with E-state index < -0.39 is 10.0 Å². The quantitative estimate of drug-likeness (QED) is 0.225. The molecule has 5 rings (SSSR count). The molecule has 2 atom stereocenters. The van der Waals surface area contributed by atoms with E-state index in [0.717, 1.165) is 40.6 Å². The lowest BCUT2D eigenvalue weighted by molar-refractivity contribution is -0.121. The summed E-state index contributed by atoms with van der Waals surface area (Å²) in [6.07, 6.45) is 1.79. The highest BCUT2D eigenvalue weighted by atomic mass is 32.2. The van der Waals surface area contributed by atoms with Crippen LogP contribution in [-0.2, 0) is 21.4 Å². The summed E-state index contributed by atoms with van der Waals surface area (Å²) < 4.78 is 33.8. The van der Waals surface area contributed by atoms with E-state index in [1.807, 2.05) is 72.8 Å². The van der Waals surface area contributed by atoms with Gasteiger partial charge in [0.1, 0.15) is 5.75 Å². The summed E-state index contributed by atoms with van der Waals surface area (Å²) in [7, 11) is -3.70. The number of benzene rings is 4. The first kappa shape index (κ1) is 30.2. The predicted molar refractivity (Wildman–Crippen MR) is 164 cm³/mol. The molecule has 0 aliphatic carbocycles. The lowest BCUT2D eigenvalue weighted by atomic mass is 9.98. The Bertz CT molecular complexity index is 1500. The SMILES string of the molecule is CCC(C)NCc1ccc2c(c1)OCCC2NC(=O)CCNS(=O)(=O)c1ccc2ccccc2c1.c1ccccc1. The molecular formula is C33H39N3O4S. The monoisotopic (exact) mass is 573 g/mol. The predicted octanol–water partition coefficient (Wildman–Crippen LogP) is 5.72. The second-order valence-corrected chi connectivity index (χ2v) is 11.9. The molecule has 0 fully saturated rings. The molecule has 0 aromatic heterocycles. The van der Waals surface area contributed by atoms with Crippen LogP contribution in [-0.4, -0.2) is 33.5 Å². The number of hydrogen-bond acceptors (Lipinski definition) is 5. The molecule has 1 heterocycles. The minimum atomic E-state index is -3.70. The summed E-state index contributed by atoms with van der Waals surface area (Å²) in [5, 5.41) is 8.33. The van der Waals surface area contributed by atoms with Crippen LogP contribution in [0, 0.1) is 0 Å². The highest BCUT2D eigenvalue weighted by Crippen LogP contribution is 2.33. The van der Waals surface area contributed by atoms with Crippen molar-refractivity contribution >= 4 is 26.7 Å². The molecule has 1 aliphatic rings. The first-order valence-electron chi connectivity index (χ1n) is 14.1. The number of ether oxygens (including phenoxy) is 1. The fourth-order valence-corrected chi connectivity index (χ4v) is 5.57. The molecule has 0 radical (unpaired) electrons. The number of hydrogen-bond donors (Lipinski definition) is 3. The Morgan fingerprint density at radius 3 is 2.34 bits per heavy atom. The lowest BCUT2D eigenvalue weighted by Crippen LogP contribution is -2.35. The van der Waals surface area contributed by atoms with Crippen LogP contribution in [0.15, 0.2) is 102 Å². The van der Waals surface area contributed by atoms with Crippen LogP contribution < -0.4 is 20.1 Å². The molecule has 41 heavy (non-hydrogen) atoms. The number of carbonyl (C=O) groups is 1. The molecule has 7 nitrogen and oxygen atoms in total. The standard InChI is InChI=1S/C27H33N3O4S.C6H6/c1-3-19(2)28-18-20-8-11-24-25(13-15-34-26(24)16-20)30-27(31)12-14-29-35(32,33)23-10-9-21-6-4-5-7-22(21)17-23;1-2-4-6-5-3-1/h4-11,16-17,19,25,28-29H,3,12-15,18H2,1-2H3,(H,30,31);1-6H. The minimum Gasteiger partial charge on any atom is -0.493 e. The van der Waals surface area contributed by atoms with Crippen LogP contribution in [0.4, 0.5) is 0 Å². The Morgan fingerprint density at radius 1 is 0.927 bits per heavy atom. The zero-order valence-corrected chi connectivity index (χ0v) is 24.5. The maximum Gasteiger partial charge on any atom is 0.240 e. The third-order valence-corrected chi connectivity index (χ3v) is 8.52. The van der Waals surface area contributed by atoms with Crippen molar-refractivity contribution in [2.45, 2.75) is 56.6 Å². The number of nitrogens with one attached hydrogen (secondary N) is 3. The van der Waals surface area contributed by atoms with Gasteiger partial charge in [0.15, 0.2) is 0 Å². The van der Waals surface area contributed by atoms with Gasteiger partial charge in [-0.2, -0.15) is 0 Å². The van der Waals surface area contributed by atoms with Crippen LogP contribution >= 0.6 is 0 Å². The van der Waals surface area contributed by atoms with Gasteiger partial charge in [0.05, 0.1) is 17.5 Å². The zero-order chi connectivity index (χ0) is 29.1. The fourth-order valence-electron chi connectivity index (χ4n) is 4.50. The molecule has 1 amide bonds. The summed E-state index contributed by atoms with van der Waals surface area (Å²) in [4.78, 5) is 12.8. The van der Waals surface area contributed by atoms with Crippen molar-refractivity contribution in [3.8, 4) is 5.75 Å². The molecule has 0 saturated heterocycles. The summed E-state index contributed by atoms with van der Waals surface area (Å²) in [6, 6.07) is 31.0. The van der Waals surface area contributed by atoms with Crippen molar-refractivity contribution < 1.29 is 17.9 Å². The van der Waals surface area contributed by atoms with Crippen molar-refractivity contribution in [2.24, 2.45) is 0 Å². The first-order chi connectivity index (χ1) is 19.9. The number of fused-ring (bicyclic) bond motifs is 2. The topological polar surface area (TPSA) is 96.5 Å². The van der Waals surface area contributed by atoms with Crippen LogP contribution in [0.1, 0.15) is 50.3 Å². The van der Waals surface area contributed by atoms with Gasteiger partial charge in [0.2, 0.25) is 15.9 Å². The molecule has 4 aromatic carbocycles. The van der Waals surface area contributed by atoms with Gasteiger partial charge in [0.25, 0.3) is 0 Å². The number of rotatable bonds is 10. The molecule has 1 aliphatic heterocycles. The Labute approximate surface area is 243 Å². The third-order valence-electron chi connectivity index (χ3n) is 7.06. The van der Waals surface area contributed by atoms with Gasteiger partial charge >= 0.3 is 0 Å². The van der Waals surface area contributed by atoms with Gasteiger partial charge < -0.3 is 15.4 Å².